The van der Waals surface area contributed by atoms with Crippen LogP contribution in [-0.4, -0.2) is 34.4 Å². The molecule has 0 bridgehead atoms. The molecule has 2 aromatic rings. The average molecular weight is 348 g/mol. The molecule has 0 aliphatic carbocycles. The number of rotatable bonds is 6. The van der Waals surface area contributed by atoms with Gasteiger partial charge in [0.05, 0.1) is 24.8 Å². The van der Waals surface area contributed by atoms with Crippen LogP contribution in [0, 0.1) is 0 Å². The second-order valence-electron chi connectivity index (χ2n) is 6.32. The fourth-order valence-electron chi connectivity index (χ4n) is 3.08. The molecule has 0 radical (unpaired) electrons. The third-order valence-corrected chi connectivity index (χ3v) is 4.59. The predicted molar refractivity (Wildman–Crippen MR) is 93.1 cm³/mol. The molecular formula is C18H22ClN3O2. The van der Waals surface area contributed by atoms with Gasteiger partial charge in [0.1, 0.15) is 0 Å². The van der Waals surface area contributed by atoms with E-state index >= 15 is 0 Å². The van der Waals surface area contributed by atoms with Crippen LogP contribution in [0.15, 0.2) is 36.7 Å². The summed E-state index contributed by atoms with van der Waals surface area (Å²) in [5.41, 5.74) is 1.73. The third-order valence-electron chi connectivity index (χ3n) is 4.34. The topological polar surface area (TPSA) is 56.2 Å². The molecule has 2 heterocycles. The van der Waals surface area contributed by atoms with Crippen molar-refractivity contribution in [3.8, 4) is 0 Å². The van der Waals surface area contributed by atoms with Crippen molar-refractivity contribution in [1.29, 1.82) is 0 Å². The van der Waals surface area contributed by atoms with Crippen LogP contribution in [-0.2, 0) is 28.9 Å². The summed E-state index contributed by atoms with van der Waals surface area (Å²) in [6.07, 6.45) is 5.55. The molecule has 0 spiro atoms. The zero-order valence-corrected chi connectivity index (χ0v) is 14.6. The van der Waals surface area contributed by atoms with Crippen molar-refractivity contribution in [2.24, 2.45) is 0 Å². The maximum absolute atomic E-state index is 12.5. The van der Waals surface area contributed by atoms with Gasteiger partial charge in [-0.15, -0.1) is 0 Å². The van der Waals surface area contributed by atoms with E-state index < -0.39 is 0 Å². The van der Waals surface area contributed by atoms with E-state index in [1.165, 1.54) is 0 Å². The number of carbonyl (C=O) groups excluding carboxylic acids is 1. The van der Waals surface area contributed by atoms with Gasteiger partial charge in [-0.05, 0) is 43.0 Å². The summed E-state index contributed by atoms with van der Waals surface area (Å²) in [5.74, 6) is 0.00474. The number of carbonyl (C=O) groups is 1. The van der Waals surface area contributed by atoms with Crippen LogP contribution in [0.25, 0.3) is 0 Å². The van der Waals surface area contributed by atoms with Crippen molar-refractivity contribution >= 4 is 17.5 Å². The lowest BCUT2D eigenvalue weighted by Gasteiger charge is -2.29. The van der Waals surface area contributed by atoms with Crippen LogP contribution in [0.5, 0.6) is 0 Å². The first kappa shape index (κ1) is 17.0. The summed E-state index contributed by atoms with van der Waals surface area (Å²) in [6, 6.07) is 7.75. The van der Waals surface area contributed by atoms with E-state index in [9.17, 15) is 4.79 Å². The van der Waals surface area contributed by atoms with Crippen LogP contribution < -0.4 is 5.32 Å². The van der Waals surface area contributed by atoms with Crippen molar-refractivity contribution in [3.05, 3.63) is 52.8 Å². The van der Waals surface area contributed by atoms with Crippen molar-refractivity contribution in [2.45, 2.75) is 38.3 Å². The molecule has 24 heavy (non-hydrogen) atoms. The molecule has 1 fully saturated rings. The second kappa shape index (κ2) is 7.36. The first-order valence-electron chi connectivity index (χ1n) is 8.23. The van der Waals surface area contributed by atoms with Gasteiger partial charge in [0.2, 0.25) is 5.91 Å². The molecule has 1 saturated heterocycles. The zero-order chi connectivity index (χ0) is 17.0. The number of hydrogen-bond acceptors (Lipinski definition) is 3. The number of aromatic nitrogens is 2. The highest BCUT2D eigenvalue weighted by atomic mass is 35.5. The quantitative estimate of drug-likeness (QED) is 0.874. The molecule has 1 aliphatic rings. The van der Waals surface area contributed by atoms with Crippen molar-refractivity contribution < 1.29 is 9.53 Å². The Balaban J connectivity index is 1.66. The lowest BCUT2D eigenvalue weighted by atomic mass is 9.89. The number of nitrogens with one attached hydrogen (secondary N) is 1. The highest BCUT2D eigenvalue weighted by Gasteiger charge is 2.36. The fourth-order valence-corrected chi connectivity index (χ4v) is 3.20. The Bertz CT molecular complexity index is 691. The van der Waals surface area contributed by atoms with Crippen LogP contribution in [0.2, 0.25) is 5.02 Å². The van der Waals surface area contributed by atoms with Crippen LogP contribution >= 0.6 is 11.6 Å². The van der Waals surface area contributed by atoms with E-state index in [0.717, 1.165) is 30.5 Å². The van der Waals surface area contributed by atoms with Crippen LogP contribution in [0.1, 0.15) is 24.5 Å². The molecule has 1 aromatic heterocycles. The van der Waals surface area contributed by atoms with Crippen molar-refractivity contribution in [1.82, 2.24) is 15.1 Å². The van der Waals surface area contributed by atoms with E-state index in [2.05, 4.69) is 10.4 Å². The molecule has 1 unspecified atom stereocenters. The molecule has 3 rings (SSSR count). The summed E-state index contributed by atoms with van der Waals surface area (Å²) >= 11 is 5.95. The number of amides is 1. The minimum absolute atomic E-state index is 0.00474. The largest absolute Gasteiger partial charge is 0.379 e. The van der Waals surface area contributed by atoms with Crippen LogP contribution in [0.4, 0.5) is 0 Å². The minimum atomic E-state index is -0.342. The van der Waals surface area contributed by atoms with E-state index in [4.69, 9.17) is 16.3 Å². The molecule has 128 valence electrons. The molecule has 1 aromatic carbocycles. The van der Waals surface area contributed by atoms with E-state index in [-0.39, 0.29) is 11.4 Å². The summed E-state index contributed by atoms with van der Waals surface area (Å²) in [7, 11) is 0. The van der Waals surface area contributed by atoms with Crippen molar-refractivity contribution in [2.75, 3.05) is 13.2 Å². The number of benzene rings is 1. The Morgan fingerprint density at radius 1 is 1.38 bits per heavy atom. The zero-order valence-electron chi connectivity index (χ0n) is 13.8. The summed E-state index contributed by atoms with van der Waals surface area (Å²) < 4.78 is 7.40. The van der Waals surface area contributed by atoms with E-state index in [1.807, 2.05) is 42.1 Å². The maximum Gasteiger partial charge on any atom is 0.225 e. The lowest BCUT2D eigenvalue weighted by Crippen LogP contribution is -2.51. The lowest BCUT2D eigenvalue weighted by molar-refractivity contribution is -0.122. The Morgan fingerprint density at radius 2 is 2.17 bits per heavy atom. The molecule has 6 heteroatoms. The first-order valence-corrected chi connectivity index (χ1v) is 8.61. The number of ether oxygens (including phenoxy) is 1. The fraction of sp³-hybridized carbons (Fsp3) is 0.444. The Morgan fingerprint density at radius 3 is 2.79 bits per heavy atom. The van der Waals surface area contributed by atoms with Gasteiger partial charge in [0.25, 0.3) is 0 Å². The minimum Gasteiger partial charge on any atom is -0.379 e. The van der Waals surface area contributed by atoms with E-state index in [1.54, 1.807) is 6.20 Å². The van der Waals surface area contributed by atoms with Gasteiger partial charge < -0.3 is 10.1 Å². The third kappa shape index (κ3) is 4.16. The van der Waals surface area contributed by atoms with Gasteiger partial charge in [-0.2, -0.15) is 5.10 Å². The van der Waals surface area contributed by atoms with Gasteiger partial charge in [0, 0.05) is 24.4 Å². The summed E-state index contributed by atoms with van der Waals surface area (Å²) in [6.45, 7) is 4.03. The van der Waals surface area contributed by atoms with Gasteiger partial charge in [-0.1, -0.05) is 23.7 Å². The molecule has 1 aliphatic heterocycles. The van der Waals surface area contributed by atoms with Gasteiger partial charge >= 0.3 is 0 Å². The normalized spacial score (nSPS) is 20.2. The van der Waals surface area contributed by atoms with E-state index in [0.29, 0.717) is 24.7 Å². The average Bonchev–Trinajstić information content (AvgIpc) is 3.19. The number of nitrogens with zero attached hydrogens (tertiary/aromatic N) is 2. The standard InChI is InChI=1S/C18H22ClN3O2/c1-2-22-12-15(11-20-22)9-17(23)21-18(7-8-24-13-18)10-14-3-5-16(19)6-4-14/h3-6,11-12H,2,7-10,13H2,1H3,(H,21,23). The van der Waals surface area contributed by atoms with Crippen LogP contribution in [0.3, 0.4) is 0 Å². The molecule has 5 nitrogen and oxygen atoms in total. The SMILES string of the molecule is CCn1cc(CC(=O)NC2(Cc3ccc(Cl)cc3)CCOC2)cn1. The molecule has 1 N–H and O–H groups in total. The first-order chi connectivity index (χ1) is 11.6. The Hall–Kier alpha value is -1.85. The van der Waals surface area contributed by atoms with Gasteiger partial charge in [-0.25, -0.2) is 0 Å². The molecule has 1 amide bonds. The maximum atomic E-state index is 12.5. The number of halogens is 1. The summed E-state index contributed by atoms with van der Waals surface area (Å²) in [5, 5.41) is 8.12. The molecular weight excluding hydrogens is 326 g/mol. The summed E-state index contributed by atoms with van der Waals surface area (Å²) in [4.78, 5) is 12.5. The smallest absolute Gasteiger partial charge is 0.225 e. The van der Waals surface area contributed by atoms with Crippen molar-refractivity contribution in [3.63, 3.8) is 0 Å². The highest BCUT2D eigenvalue weighted by Crippen LogP contribution is 2.25. The predicted octanol–water partition coefficient (Wildman–Crippen LogP) is 2.62. The number of hydrogen-bond donors (Lipinski definition) is 1. The molecule has 0 saturated carbocycles. The van der Waals surface area contributed by atoms with Gasteiger partial charge in [-0.3, -0.25) is 9.48 Å². The number of aryl methyl sites for hydroxylation is 1. The highest BCUT2D eigenvalue weighted by molar-refractivity contribution is 6.30. The monoisotopic (exact) mass is 347 g/mol. The Labute approximate surface area is 147 Å². The molecule has 1 atom stereocenters. The second-order valence-corrected chi connectivity index (χ2v) is 6.75. The Kier molecular flexibility index (Phi) is 5.21. The van der Waals surface area contributed by atoms with Gasteiger partial charge in [0.15, 0.2) is 0 Å².